The lowest BCUT2D eigenvalue weighted by atomic mass is 9.98. The summed E-state index contributed by atoms with van der Waals surface area (Å²) in [4.78, 5) is 2.60. The molecule has 1 aliphatic heterocycles. The number of nitrogens with zero attached hydrogens (tertiary/aromatic N) is 1. The Balaban J connectivity index is 2.22. The molecule has 0 radical (unpaired) electrons. The van der Waals surface area contributed by atoms with Crippen LogP contribution in [0.1, 0.15) is 46.5 Å². The molecule has 1 unspecified atom stereocenters. The molecule has 0 saturated carbocycles. The lowest BCUT2D eigenvalue weighted by Crippen LogP contribution is -2.48. The number of rotatable bonds is 7. The van der Waals surface area contributed by atoms with Crippen molar-refractivity contribution in [3.05, 3.63) is 0 Å². The van der Waals surface area contributed by atoms with Crippen molar-refractivity contribution in [2.75, 3.05) is 39.4 Å². The van der Waals surface area contributed by atoms with Crippen molar-refractivity contribution < 1.29 is 4.74 Å². The molecule has 1 saturated heterocycles. The molecule has 1 heterocycles. The van der Waals surface area contributed by atoms with Gasteiger partial charge in [0.25, 0.3) is 0 Å². The van der Waals surface area contributed by atoms with Crippen molar-refractivity contribution in [2.45, 2.75) is 52.0 Å². The molecule has 0 aliphatic carbocycles. The first-order chi connectivity index (χ1) is 8.20. The van der Waals surface area contributed by atoms with Crippen LogP contribution in [0.4, 0.5) is 0 Å². The molecule has 1 fully saturated rings. The Morgan fingerprint density at radius 3 is 2.82 bits per heavy atom. The fourth-order valence-corrected chi connectivity index (χ4v) is 2.39. The van der Waals surface area contributed by atoms with Gasteiger partial charge in [-0.2, -0.15) is 0 Å². The normalized spacial score (nSPS) is 27.0. The smallest absolute Gasteiger partial charge is 0.0478 e. The molecule has 1 aliphatic rings. The maximum Gasteiger partial charge on any atom is 0.0478 e. The van der Waals surface area contributed by atoms with Gasteiger partial charge in [-0.25, -0.2) is 0 Å². The first-order valence-electron chi connectivity index (χ1n) is 7.25. The van der Waals surface area contributed by atoms with Crippen molar-refractivity contribution in [3.63, 3.8) is 0 Å². The van der Waals surface area contributed by atoms with Crippen LogP contribution >= 0.6 is 0 Å². The van der Waals surface area contributed by atoms with Crippen molar-refractivity contribution in [3.8, 4) is 0 Å². The minimum atomic E-state index is 0.306. The molecule has 0 aromatic heterocycles. The van der Waals surface area contributed by atoms with Gasteiger partial charge in [-0.05, 0) is 45.7 Å². The van der Waals surface area contributed by atoms with Crippen molar-refractivity contribution in [1.82, 2.24) is 10.2 Å². The second-order valence-electron chi connectivity index (χ2n) is 5.44. The highest BCUT2D eigenvalue weighted by Crippen LogP contribution is 2.15. The Morgan fingerprint density at radius 1 is 1.29 bits per heavy atom. The molecule has 17 heavy (non-hydrogen) atoms. The minimum absolute atomic E-state index is 0.306. The number of nitrogens with one attached hydrogen (secondary N) is 1. The minimum Gasteiger partial charge on any atom is -0.381 e. The predicted molar refractivity (Wildman–Crippen MR) is 73.5 cm³/mol. The third-order valence-electron chi connectivity index (χ3n) is 3.67. The molecule has 1 N–H and O–H groups in total. The van der Waals surface area contributed by atoms with Crippen LogP contribution in [-0.2, 0) is 4.74 Å². The highest BCUT2D eigenvalue weighted by molar-refractivity contribution is 4.87. The fourth-order valence-electron chi connectivity index (χ4n) is 2.39. The summed E-state index contributed by atoms with van der Waals surface area (Å²) in [5, 5.41) is 3.68. The maximum atomic E-state index is 5.54. The van der Waals surface area contributed by atoms with Crippen molar-refractivity contribution >= 4 is 0 Å². The van der Waals surface area contributed by atoms with Crippen LogP contribution in [0.25, 0.3) is 0 Å². The zero-order chi connectivity index (χ0) is 12.6. The Morgan fingerprint density at radius 2 is 2.12 bits per heavy atom. The van der Waals surface area contributed by atoms with Gasteiger partial charge in [0.2, 0.25) is 0 Å². The molecular weight excluding hydrogens is 212 g/mol. The molecule has 0 aromatic carbocycles. The summed E-state index contributed by atoms with van der Waals surface area (Å²) < 4.78 is 5.54. The molecular formula is C14H30N2O. The average molecular weight is 242 g/mol. The second kappa shape index (κ2) is 8.06. The molecule has 3 nitrogen and oxygen atoms in total. The van der Waals surface area contributed by atoms with Crippen LogP contribution in [0, 0.1) is 0 Å². The van der Waals surface area contributed by atoms with Crippen LogP contribution in [0.3, 0.4) is 0 Å². The van der Waals surface area contributed by atoms with Crippen molar-refractivity contribution in [1.29, 1.82) is 0 Å². The quantitative estimate of drug-likeness (QED) is 0.693. The molecule has 0 aromatic rings. The summed E-state index contributed by atoms with van der Waals surface area (Å²) in [5.74, 6) is 0. The summed E-state index contributed by atoms with van der Waals surface area (Å²) in [6.45, 7) is 13.4. The zero-order valence-corrected chi connectivity index (χ0v) is 11.9. The van der Waals surface area contributed by atoms with Crippen LogP contribution in [0.15, 0.2) is 0 Å². The Kier molecular flexibility index (Phi) is 7.09. The highest BCUT2D eigenvalue weighted by Gasteiger charge is 2.26. The van der Waals surface area contributed by atoms with Gasteiger partial charge in [-0.15, -0.1) is 0 Å². The third kappa shape index (κ3) is 5.84. The average Bonchev–Trinajstić information content (AvgIpc) is 2.52. The number of hydrogen-bond acceptors (Lipinski definition) is 3. The van der Waals surface area contributed by atoms with Crippen LogP contribution in [0.5, 0.6) is 0 Å². The highest BCUT2D eigenvalue weighted by atomic mass is 16.5. The van der Waals surface area contributed by atoms with Gasteiger partial charge in [-0.3, -0.25) is 0 Å². The second-order valence-corrected chi connectivity index (χ2v) is 5.44. The van der Waals surface area contributed by atoms with Gasteiger partial charge < -0.3 is 15.0 Å². The van der Waals surface area contributed by atoms with E-state index in [-0.39, 0.29) is 0 Å². The molecule has 1 rings (SSSR count). The molecule has 102 valence electrons. The summed E-state index contributed by atoms with van der Waals surface area (Å²) in [6.07, 6.45) is 4.77. The Bertz CT molecular complexity index is 199. The van der Waals surface area contributed by atoms with Crippen LogP contribution in [-0.4, -0.2) is 49.8 Å². The van der Waals surface area contributed by atoms with Gasteiger partial charge in [-0.1, -0.05) is 13.8 Å². The summed E-state index contributed by atoms with van der Waals surface area (Å²) in [6, 6.07) is 0. The van der Waals surface area contributed by atoms with E-state index in [1.807, 2.05) is 0 Å². The molecule has 1 atom stereocenters. The van der Waals surface area contributed by atoms with E-state index in [1.54, 1.807) is 0 Å². The molecule has 0 bridgehead atoms. The standard InChI is InChI=1S/C14H30N2O/c1-4-11-17-12-7-10-16-9-6-8-15-14(3,5-2)13-16/h15H,4-13H2,1-3H3. The van der Waals surface area contributed by atoms with Crippen molar-refractivity contribution in [2.24, 2.45) is 0 Å². The third-order valence-corrected chi connectivity index (χ3v) is 3.67. The lowest BCUT2D eigenvalue weighted by molar-refractivity contribution is 0.117. The van der Waals surface area contributed by atoms with Gasteiger partial charge >= 0.3 is 0 Å². The SMILES string of the molecule is CCCOCCCN1CCCNC(C)(CC)C1. The zero-order valence-electron chi connectivity index (χ0n) is 11.9. The fraction of sp³-hybridized carbons (Fsp3) is 1.00. The van der Waals surface area contributed by atoms with E-state index in [1.165, 1.54) is 38.9 Å². The molecule has 0 spiro atoms. The van der Waals surface area contributed by atoms with E-state index in [0.29, 0.717) is 5.54 Å². The van der Waals surface area contributed by atoms with Gasteiger partial charge in [0.15, 0.2) is 0 Å². The van der Waals surface area contributed by atoms with E-state index in [9.17, 15) is 0 Å². The Hall–Kier alpha value is -0.120. The first kappa shape index (κ1) is 14.9. The molecule has 3 heteroatoms. The van der Waals surface area contributed by atoms with E-state index < -0.39 is 0 Å². The summed E-state index contributed by atoms with van der Waals surface area (Å²) in [7, 11) is 0. The van der Waals surface area contributed by atoms with E-state index in [2.05, 4.69) is 31.0 Å². The molecule has 0 amide bonds. The lowest BCUT2D eigenvalue weighted by Gasteiger charge is -2.32. The predicted octanol–water partition coefficient (Wildman–Crippen LogP) is 2.27. The summed E-state index contributed by atoms with van der Waals surface area (Å²) >= 11 is 0. The maximum absolute atomic E-state index is 5.54. The monoisotopic (exact) mass is 242 g/mol. The van der Waals surface area contributed by atoms with E-state index in [4.69, 9.17) is 4.74 Å². The van der Waals surface area contributed by atoms with Crippen LogP contribution < -0.4 is 5.32 Å². The van der Waals surface area contributed by atoms with Gasteiger partial charge in [0, 0.05) is 31.8 Å². The van der Waals surface area contributed by atoms with E-state index in [0.717, 1.165) is 26.2 Å². The topological polar surface area (TPSA) is 24.5 Å². The van der Waals surface area contributed by atoms with Gasteiger partial charge in [0.05, 0.1) is 0 Å². The van der Waals surface area contributed by atoms with Crippen LogP contribution in [0.2, 0.25) is 0 Å². The number of ether oxygens (including phenoxy) is 1. The van der Waals surface area contributed by atoms with E-state index >= 15 is 0 Å². The summed E-state index contributed by atoms with van der Waals surface area (Å²) in [5.41, 5.74) is 0.306. The number of hydrogen-bond donors (Lipinski definition) is 1. The first-order valence-corrected chi connectivity index (χ1v) is 7.25. The largest absolute Gasteiger partial charge is 0.381 e. The Labute approximate surface area is 107 Å². The van der Waals surface area contributed by atoms with Gasteiger partial charge in [0.1, 0.15) is 0 Å².